The summed E-state index contributed by atoms with van der Waals surface area (Å²) in [7, 11) is -4.35. The Morgan fingerprint density at radius 2 is 1.57 bits per heavy atom. The van der Waals surface area contributed by atoms with Crippen molar-refractivity contribution in [3.05, 3.63) is 83.4 Å². The summed E-state index contributed by atoms with van der Waals surface area (Å²) in [5.74, 6) is -3.65. The van der Waals surface area contributed by atoms with Gasteiger partial charge in [-0.15, -0.1) is 0 Å². The third kappa shape index (κ3) is 9.32. The number of carbonyl (C=O) groups excluding carboxylic acids is 5. The Labute approximate surface area is 283 Å². The topological polar surface area (TPSA) is 217 Å². The van der Waals surface area contributed by atoms with Gasteiger partial charge >= 0.3 is 7.60 Å². The lowest BCUT2D eigenvalue weighted by Crippen LogP contribution is -2.64. The van der Waals surface area contributed by atoms with E-state index >= 15 is 0 Å². The number of nitrogens with two attached hydrogens (primary N) is 1. The van der Waals surface area contributed by atoms with Crippen LogP contribution < -0.4 is 27.0 Å². The normalized spacial score (nSPS) is 22.4. The van der Waals surface area contributed by atoms with Gasteiger partial charge in [0.25, 0.3) is 0 Å². The predicted octanol–water partition coefficient (Wildman–Crippen LogP) is 2.23. The van der Waals surface area contributed by atoms with E-state index < -0.39 is 73.3 Å². The summed E-state index contributed by atoms with van der Waals surface area (Å²) in [6.07, 6.45) is 1.95. The Bertz CT molecular complexity index is 1760. The van der Waals surface area contributed by atoms with Crippen LogP contribution in [0.2, 0.25) is 0 Å². The summed E-state index contributed by atoms with van der Waals surface area (Å²) in [6, 6.07) is 17.1. The lowest BCUT2D eigenvalue weighted by Gasteiger charge is -2.39. The molecule has 13 nitrogen and oxygen atoms in total. The highest BCUT2D eigenvalue weighted by molar-refractivity contribution is 7.50. The van der Waals surface area contributed by atoms with Gasteiger partial charge in [-0.2, -0.15) is 0 Å². The van der Waals surface area contributed by atoms with Crippen LogP contribution in [0, 0.1) is 5.92 Å². The fourth-order valence-corrected chi connectivity index (χ4v) is 7.47. The van der Waals surface area contributed by atoms with Crippen molar-refractivity contribution in [2.45, 2.75) is 75.2 Å². The van der Waals surface area contributed by atoms with Crippen LogP contribution in [-0.4, -0.2) is 57.4 Å². The number of amides is 5. The number of fused-ring (bicyclic) bond motifs is 1. The smallest absolute Gasteiger partial charge is 0.329 e. The Morgan fingerprint density at radius 3 is 2.27 bits per heavy atom. The molecule has 2 aliphatic rings. The summed E-state index contributed by atoms with van der Waals surface area (Å²) >= 11 is 0. The predicted molar refractivity (Wildman–Crippen MR) is 182 cm³/mol. The monoisotopic (exact) mass is 691 g/mol. The van der Waals surface area contributed by atoms with E-state index in [9.17, 15) is 38.3 Å². The van der Waals surface area contributed by atoms with E-state index in [1.54, 1.807) is 0 Å². The average Bonchev–Trinajstić information content (AvgIpc) is 3.05. The van der Waals surface area contributed by atoms with Crippen molar-refractivity contribution >= 4 is 47.9 Å². The molecule has 1 spiro atoms. The maximum absolute atomic E-state index is 14.1. The van der Waals surface area contributed by atoms with Gasteiger partial charge in [-0.1, -0.05) is 86.0 Å². The number of nitrogens with one attached hydrogen (secondary N) is 4. The van der Waals surface area contributed by atoms with Gasteiger partial charge in [-0.25, -0.2) is 0 Å². The fraction of sp³-hybridized carbons (Fsp3) is 0.400. The molecule has 0 bridgehead atoms. The molecule has 1 heterocycles. The lowest BCUT2D eigenvalue weighted by atomic mass is 9.80. The summed E-state index contributed by atoms with van der Waals surface area (Å²) in [5, 5.41) is 13.2. The van der Waals surface area contributed by atoms with Crippen molar-refractivity contribution in [3.8, 4) is 0 Å². The van der Waals surface area contributed by atoms with Crippen molar-refractivity contribution in [3.63, 3.8) is 0 Å². The van der Waals surface area contributed by atoms with Crippen molar-refractivity contribution in [2.75, 3.05) is 6.54 Å². The second kappa shape index (κ2) is 15.3. The maximum atomic E-state index is 14.1. The summed E-state index contributed by atoms with van der Waals surface area (Å²) in [6.45, 7) is 0.0275. The van der Waals surface area contributed by atoms with E-state index in [0.717, 1.165) is 22.8 Å². The minimum Gasteiger partial charge on any atom is -0.370 e. The second-order valence-electron chi connectivity index (χ2n) is 13.1. The number of carbonyl (C=O) groups is 5. The largest absolute Gasteiger partial charge is 0.370 e. The van der Waals surface area contributed by atoms with Gasteiger partial charge in [-0.3, -0.25) is 28.5 Å². The first-order valence-electron chi connectivity index (χ1n) is 16.4. The molecule has 1 aliphatic carbocycles. The SMILES string of the molecule is NC(=O)C[C@@H]1NC(=O)C2(CCCCC2)NC(=O)[C@@H](c2ccc(CP(=O)(O)O)cc2)NC(=O)C[C@@H](Cc2cccc3ccccc23)CNC1=O. The lowest BCUT2D eigenvalue weighted by molar-refractivity contribution is -0.139. The summed E-state index contributed by atoms with van der Waals surface area (Å²) < 4.78 is 11.6. The zero-order valence-electron chi connectivity index (χ0n) is 27.0. The van der Waals surface area contributed by atoms with Gasteiger partial charge in [0.05, 0.1) is 12.6 Å². The maximum Gasteiger partial charge on any atom is 0.329 e. The van der Waals surface area contributed by atoms with E-state index in [-0.39, 0.29) is 25.8 Å². The van der Waals surface area contributed by atoms with Crippen molar-refractivity contribution in [2.24, 2.45) is 11.7 Å². The van der Waals surface area contributed by atoms with Gasteiger partial charge in [0.1, 0.15) is 17.6 Å². The van der Waals surface area contributed by atoms with Crippen LogP contribution in [0.4, 0.5) is 0 Å². The molecule has 1 saturated carbocycles. The zero-order valence-corrected chi connectivity index (χ0v) is 27.9. The van der Waals surface area contributed by atoms with Crippen LogP contribution in [0.1, 0.15) is 67.7 Å². The average molecular weight is 692 g/mol. The molecule has 1 saturated heterocycles. The number of primary amides is 1. The molecule has 8 N–H and O–H groups in total. The highest BCUT2D eigenvalue weighted by Crippen LogP contribution is 2.39. The molecule has 2 fully saturated rings. The van der Waals surface area contributed by atoms with Gasteiger partial charge in [0.2, 0.25) is 29.5 Å². The summed E-state index contributed by atoms with van der Waals surface area (Å²) in [4.78, 5) is 86.2. The molecule has 3 aromatic carbocycles. The molecule has 0 aromatic heterocycles. The van der Waals surface area contributed by atoms with Crippen LogP contribution in [0.15, 0.2) is 66.7 Å². The molecular weight excluding hydrogens is 649 g/mol. The number of benzene rings is 3. The van der Waals surface area contributed by atoms with Gasteiger partial charge < -0.3 is 36.8 Å². The van der Waals surface area contributed by atoms with E-state index in [4.69, 9.17) is 5.73 Å². The number of hydrogen-bond donors (Lipinski definition) is 7. The van der Waals surface area contributed by atoms with Crippen molar-refractivity contribution < 1.29 is 38.3 Å². The Kier molecular flexibility index (Phi) is 11.2. The molecule has 5 rings (SSSR count). The Balaban J connectivity index is 1.51. The minimum absolute atomic E-state index is 0.0275. The highest BCUT2D eigenvalue weighted by Gasteiger charge is 2.44. The molecule has 0 unspecified atom stereocenters. The van der Waals surface area contributed by atoms with Crippen molar-refractivity contribution in [1.29, 1.82) is 0 Å². The van der Waals surface area contributed by atoms with Gasteiger partial charge in [-0.05, 0) is 52.6 Å². The first kappa shape index (κ1) is 35.7. The first-order valence-corrected chi connectivity index (χ1v) is 18.2. The number of rotatable bonds is 7. The fourth-order valence-electron chi connectivity index (χ4n) is 6.78. The molecule has 5 amide bonds. The second-order valence-corrected chi connectivity index (χ2v) is 14.7. The minimum atomic E-state index is -4.35. The third-order valence-electron chi connectivity index (χ3n) is 9.23. The van der Waals surface area contributed by atoms with E-state index in [0.29, 0.717) is 30.4 Å². The van der Waals surface area contributed by atoms with Crippen LogP contribution in [-0.2, 0) is 41.1 Å². The summed E-state index contributed by atoms with van der Waals surface area (Å²) in [5.41, 5.74) is 5.70. The van der Waals surface area contributed by atoms with Crippen LogP contribution in [0.5, 0.6) is 0 Å². The Morgan fingerprint density at radius 1 is 0.878 bits per heavy atom. The van der Waals surface area contributed by atoms with E-state index in [1.165, 1.54) is 24.3 Å². The van der Waals surface area contributed by atoms with Crippen LogP contribution in [0.25, 0.3) is 10.8 Å². The van der Waals surface area contributed by atoms with Crippen molar-refractivity contribution in [1.82, 2.24) is 21.3 Å². The van der Waals surface area contributed by atoms with Crippen LogP contribution >= 0.6 is 7.60 Å². The number of hydrogen-bond acceptors (Lipinski definition) is 6. The molecule has 260 valence electrons. The standard InChI is InChI=1S/C35H42N5O8P/c36-29(41)19-28-32(43)37-20-23(17-26-9-6-8-24-7-2-3-10-27(24)26)18-30(42)39-31(25-13-11-22(12-14-25)21-49(46,47)48)33(44)40-35(34(45)38-28)15-4-1-5-16-35/h2-3,6-14,23,28,31H,1,4-5,15-21H2,(H2,36,41)(H,37,43)(H,38,45)(H,39,42)(H,40,44)(H2,46,47,48)/t23-,28+,31-/m1/s1. The Hall–Kier alpha value is -4.58. The molecule has 3 atom stereocenters. The van der Waals surface area contributed by atoms with Crippen LogP contribution in [0.3, 0.4) is 0 Å². The molecule has 14 heteroatoms. The van der Waals surface area contributed by atoms with Gasteiger partial charge in [0, 0.05) is 13.0 Å². The molecular formula is C35H42N5O8P. The van der Waals surface area contributed by atoms with E-state index in [1.807, 2.05) is 42.5 Å². The molecule has 3 aromatic rings. The molecule has 49 heavy (non-hydrogen) atoms. The highest BCUT2D eigenvalue weighted by atomic mass is 31.2. The zero-order chi connectivity index (χ0) is 35.2. The molecule has 1 aliphatic heterocycles. The quantitative estimate of drug-likeness (QED) is 0.182. The molecule has 0 radical (unpaired) electrons. The third-order valence-corrected chi connectivity index (χ3v) is 10.0. The van der Waals surface area contributed by atoms with Gasteiger partial charge in [0.15, 0.2) is 0 Å². The van der Waals surface area contributed by atoms with E-state index in [2.05, 4.69) is 21.3 Å². The first-order chi connectivity index (χ1) is 23.3.